The predicted octanol–water partition coefficient (Wildman–Crippen LogP) is 3.67. The zero-order valence-electron chi connectivity index (χ0n) is 14.1. The summed E-state index contributed by atoms with van der Waals surface area (Å²) in [5, 5.41) is 5.06. The number of hydrogen-bond donors (Lipinski definition) is 1. The molecule has 128 valence electrons. The Morgan fingerprint density at radius 3 is 2.60 bits per heavy atom. The number of thiazole rings is 1. The molecule has 2 heterocycles. The summed E-state index contributed by atoms with van der Waals surface area (Å²) in [6.07, 6.45) is 0. The number of hydrogen-bond acceptors (Lipinski definition) is 5. The van der Waals surface area contributed by atoms with Crippen molar-refractivity contribution >= 4 is 28.8 Å². The van der Waals surface area contributed by atoms with Crippen LogP contribution in [0.3, 0.4) is 0 Å². The van der Waals surface area contributed by atoms with Crippen LogP contribution in [0.25, 0.3) is 10.8 Å². The summed E-state index contributed by atoms with van der Waals surface area (Å²) in [5.74, 6) is 0.864. The Labute approximate surface area is 149 Å². The Hall–Kier alpha value is -2.93. The van der Waals surface area contributed by atoms with Gasteiger partial charge in [0.05, 0.1) is 11.3 Å². The summed E-state index contributed by atoms with van der Waals surface area (Å²) < 4.78 is 5.52. The second-order valence-electron chi connectivity index (χ2n) is 5.65. The number of amides is 2. The fraction of sp³-hybridized carbons (Fsp3) is 0.167. The molecule has 6 nitrogen and oxygen atoms in total. The van der Waals surface area contributed by atoms with Crippen molar-refractivity contribution in [2.24, 2.45) is 0 Å². The lowest BCUT2D eigenvalue weighted by atomic mass is 10.1. The summed E-state index contributed by atoms with van der Waals surface area (Å²) >= 11 is 1.33. The Balaban J connectivity index is 1.82. The van der Waals surface area contributed by atoms with E-state index in [4.69, 9.17) is 4.42 Å². The third-order valence-corrected chi connectivity index (χ3v) is 4.36. The van der Waals surface area contributed by atoms with Crippen LogP contribution in [0, 0.1) is 6.92 Å². The number of nitrogens with one attached hydrogen (secondary N) is 1. The summed E-state index contributed by atoms with van der Waals surface area (Å²) in [7, 11) is 3.33. The number of aromatic nitrogens is 1. The van der Waals surface area contributed by atoms with Gasteiger partial charge in [0.15, 0.2) is 10.8 Å². The SMILES string of the molecule is Cc1ccc(-c2nc(C(=O)Nc3ccccc3C(=O)N(C)C)cs2)o1. The van der Waals surface area contributed by atoms with Crippen molar-refractivity contribution in [3.05, 3.63) is 58.8 Å². The normalized spacial score (nSPS) is 10.5. The predicted molar refractivity (Wildman–Crippen MR) is 97.0 cm³/mol. The number of carbonyl (C=O) groups is 2. The largest absolute Gasteiger partial charge is 0.459 e. The molecule has 7 heteroatoms. The van der Waals surface area contributed by atoms with E-state index >= 15 is 0 Å². The van der Waals surface area contributed by atoms with E-state index in [2.05, 4.69) is 10.3 Å². The first-order chi connectivity index (χ1) is 12.0. The van der Waals surface area contributed by atoms with Gasteiger partial charge in [-0.15, -0.1) is 11.3 Å². The van der Waals surface area contributed by atoms with Crippen LogP contribution < -0.4 is 5.32 Å². The van der Waals surface area contributed by atoms with Crippen molar-refractivity contribution < 1.29 is 14.0 Å². The maximum absolute atomic E-state index is 12.5. The lowest BCUT2D eigenvalue weighted by Gasteiger charge is -2.14. The van der Waals surface area contributed by atoms with Gasteiger partial charge in [-0.2, -0.15) is 0 Å². The summed E-state index contributed by atoms with van der Waals surface area (Å²) in [4.78, 5) is 30.5. The van der Waals surface area contributed by atoms with Crippen LogP contribution in [-0.4, -0.2) is 35.8 Å². The Morgan fingerprint density at radius 1 is 1.16 bits per heavy atom. The van der Waals surface area contributed by atoms with Gasteiger partial charge in [-0.25, -0.2) is 4.98 Å². The number of rotatable bonds is 4. The summed E-state index contributed by atoms with van der Waals surface area (Å²) in [6.45, 7) is 1.85. The fourth-order valence-electron chi connectivity index (χ4n) is 2.25. The smallest absolute Gasteiger partial charge is 0.275 e. The Bertz CT molecular complexity index is 927. The van der Waals surface area contributed by atoms with E-state index in [0.717, 1.165) is 5.76 Å². The second-order valence-corrected chi connectivity index (χ2v) is 6.51. The monoisotopic (exact) mass is 355 g/mol. The highest BCUT2D eigenvalue weighted by molar-refractivity contribution is 7.13. The number of para-hydroxylation sites is 1. The molecule has 0 fully saturated rings. The van der Waals surface area contributed by atoms with Crippen molar-refractivity contribution in [1.29, 1.82) is 0 Å². The fourth-order valence-corrected chi connectivity index (χ4v) is 3.01. The van der Waals surface area contributed by atoms with Crippen LogP contribution >= 0.6 is 11.3 Å². The number of aryl methyl sites for hydroxylation is 1. The van der Waals surface area contributed by atoms with E-state index in [1.54, 1.807) is 43.7 Å². The van der Waals surface area contributed by atoms with Gasteiger partial charge in [-0.3, -0.25) is 9.59 Å². The molecule has 2 aromatic heterocycles. The van der Waals surface area contributed by atoms with Crippen LogP contribution in [0.15, 0.2) is 46.2 Å². The molecule has 0 saturated carbocycles. The average Bonchev–Trinajstić information content (AvgIpc) is 3.23. The molecule has 0 spiro atoms. The number of anilines is 1. The minimum Gasteiger partial charge on any atom is -0.459 e. The first kappa shape index (κ1) is 16.9. The molecule has 1 N–H and O–H groups in total. The highest BCUT2D eigenvalue weighted by Crippen LogP contribution is 2.26. The number of benzene rings is 1. The van der Waals surface area contributed by atoms with Crippen LogP contribution in [0.2, 0.25) is 0 Å². The summed E-state index contributed by atoms with van der Waals surface area (Å²) in [6, 6.07) is 10.6. The van der Waals surface area contributed by atoms with Gasteiger partial charge in [0, 0.05) is 19.5 Å². The van der Waals surface area contributed by atoms with Gasteiger partial charge in [-0.1, -0.05) is 12.1 Å². The third-order valence-electron chi connectivity index (χ3n) is 3.50. The molecule has 0 bridgehead atoms. The van der Waals surface area contributed by atoms with Crippen molar-refractivity contribution in [1.82, 2.24) is 9.88 Å². The van der Waals surface area contributed by atoms with Crippen LogP contribution in [0.1, 0.15) is 26.6 Å². The first-order valence-corrected chi connectivity index (χ1v) is 8.48. The number of carbonyl (C=O) groups excluding carboxylic acids is 2. The molecule has 1 aromatic carbocycles. The van der Waals surface area contributed by atoms with E-state index in [1.807, 2.05) is 19.1 Å². The molecule has 3 rings (SSSR count). The van der Waals surface area contributed by atoms with Gasteiger partial charge < -0.3 is 14.6 Å². The van der Waals surface area contributed by atoms with Crippen molar-refractivity contribution in [2.45, 2.75) is 6.92 Å². The van der Waals surface area contributed by atoms with Crippen LogP contribution in [-0.2, 0) is 0 Å². The number of furan rings is 1. The molecule has 0 saturated heterocycles. The maximum atomic E-state index is 12.5. The minimum atomic E-state index is -0.371. The van der Waals surface area contributed by atoms with Gasteiger partial charge in [0.1, 0.15) is 11.5 Å². The summed E-state index contributed by atoms with van der Waals surface area (Å²) in [5.41, 5.74) is 1.16. The minimum absolute atomic E-state index is 0.180. The lowest BCUT2D eigenvalue weighted by molar-refractivity contribution is 0.0828. The zero-order valence-corrected chi connectivity index (χ0v) is 14.9. The standard InChI is InChI=1S/C18H17N3O3S/c1-11-8-9-15(24-11)17-20-14(10-25-17)16(22)19-13-7-5-4-6-12(13)18(23)21(2)3/h4-10H,1-3H3,(H,19,22). The molecule has 2 amide bonds. The van der Waals surface area contributed by atoms with E-state index < -0.39 is 0 Å². The van der Waals surface area contributed by atoms with E-state index in [9.17, 15) is 9.59 Å². The molecule has 0 aliphatic heterocycles. The average molecular weight is 355 g/mol. The quantitative estimate of drug-likeness (QED) is 0.775. The first-order valence-electron chi connectivity index (χ1n) is 7.60. The molecule has 0 unspecified atom stereocenters. The molecule has 0 aliphatic rings. The van der Waals surface area contributed by atoms with E-state index in [0.29, 0.717) is 22.0 Å². The second kappa shape index (κ2) is 6.90. The molecule has 0 radical (unpaired) electrons. The van der Waals surface area contributed by atoms with Crippen molar-refractivity contribution in [3.8, 4) is 10.8 Å². The highest BCUT2D eigenvalue weighted by Gasteiger charge is 2.18. The van der Waals surface area contributed by atoms with E-state index in [1.165, 1.54) is 16.2 Å². The van der Waals surface area contributed by atoms with Gasteiger partial charge >= 0.3 is 0 Å². The lowest BCUT2D eigenvalue weighted by Crippen LogP contribution is -2.24. The molecule has 0 aliphatic carbocycles. The third kappa shape index (κ3) is 3.61. The molecular weight excluding hydrogens is 338 g/mol. The zero-order chi connectivity index (χ0) is 18.0. The van der Waals surface area contributed by atoms with Gasteiger partial charge in [-0.05, 0) is 31.2 Å². The highest BCUT2D eigenvalue weighted by atomic mass is 32.1. The topological polar surface area (TPSA) is 75.4 Å². The number of nitrogens with zero attached hydrogens (tertiary/aromatic N) is 2. The maximum Gasteiger partial charge on any atom is 0.275 e. The van der Waals surface area contributed by atoms with Crippen molar-refractivity contribution in [2.75, 3.05) is 19.4 Å². The molecule has 3 aromatic rings. The van der Waals surface area contributed by atoms with E-state index in [-0.39, 0.29) is 17.5 Å². The Kier molecular flexibility index (Phi) is 4.67. The molecule has 25 heavy (non-hydrogen) atoms. The van der Waals surface area contributed by atoms with Crippen LogP contribution in [0.5, 0.6) is 0 Å². The Morgan fingerprint density at radius 2 is 1.92 bits per heavy atom. The van der Waals surface area contributed by atoms with Crippen molar-refractivity contribution in [3.63, 3.8) is 0 Å². The van der Waals surface area contributed by atoms with Gasteiger partial charge in [0.25, 0.3) is 11.8 Å². The molecule has 0 atom stereocenters. The van der Waals surface area contributed by atoms with Crippen LogP contribution in [0.4, 0.5) is 5.69 Å². The van der Waals surface area contributed by atoms with Gasteiger partial charge in [0.2, 0.25) is 0 Å². The molecular formula is C18H17N3O3S.